The monoisotopic (exact) mass is 456 g/mol. The highest BCUT2D eigenvalue weighted by Gasteiger charge is 2.22. The fraction of sp³-hybridized carbons (Fsp3) is 0.231. The second kappa shape index (κ2) is 10.6. The third-order valence-electron chi connectivity index (χ3n) is 5.77. The number of unbranched alkanes of at least 4 members (excludes halogenated alkanes) is 2. The number of benzene rings is 2. The largest absolute Gasteiger partial charge is 0.366 e. The Balaban J connectivity index is 1.74. The number of aromatic amines is 1. The van der Waals surface area contributed by atoms with E-state index in [4.69, 9.17) is 10.7 Å². The van der Waals surface area contributed by atoms with Crippen LogP contribution in [0.3, 0.4) is 0 Å². The molecule has 2 amide bonds. The van der Waals surface area contributed by atoms with E-state index in [1.165, 1.54) is 0 Å². The number of hydrogen-bond donors (Lipinski definition) is 3. The van der Waals surface area contributed by atoms with Gasteiger partial charge in [0.15, 0.2) is 0 Å². The van der Waals surface area contributed by atoms with Gasteiger partial charge >= 0.3 is 0 Å². The summed E-state index contributed by atoms with van der Waals surface area (Å²) in [5.41, 5.74) is 10.4. The smallest absolute Gasteiger partial charge is 0.249 e. The molecule has 0 aliphatic rings. The van der Waals surface area contributed by atoms with Gasteiger partial charge in [-0.05, 0) is 43.0 Å². The number of aromatic nitrogens is 4. The maximum atomic E-state index is 12.4. The van der Waals surface area contributed by atoms with Crippen molar-refractivity contribution in [2.75, 3.05) is 7.05 Å². The Bertz CT molecular complexity index is 1260. The Morgan fingerprint density at radius 2 is 1.88 bits per heavy atom. The van der Waals surface area contributed by atoms with Gasteiger partial charge < -0.3 is 11.1 Å². The Morgan fingerprint density at radius 1 is 1.06 bits per heavy atom. The molecule has 0 aliphatic heterocycles. The van der Waals surface area contributed by atoms with Crippen LogP contribution in [0.4, 0.5) is 0 Å². The van der Waals surface area contributed by atoms with Crippen molar-refractivity contribution in [1.82, 2.24) is 25.1 Å². The van der Waals surface area contributed by atoms with Crippen LogP contribution in [0.2, 0.25) is 0 Å². The highest BCUT2D eigenvalue weighted by molar-refractivity contribution is 6.03. The number of carbonyl (C=O) groups excluding carboxylic acids is 2. The molecule has 174 valence electrons. The third kappa shape index (κ3) is 5.06. The standard InChI is InChI=1S/C26H28N6O2/c1-28-23(33)14-7-2-4-9-19-17-32(20-10-5-3-6-11-20)26(31-19)24-21(18-15-29-30-16-18)12-8-13-22(24)25(27)34/h3,5-6,8,10-13,15-17H,2,4,7,9,14H2,1H3,(H2,27,34)(H,28,33)(H,29,30). The number of para-hydroxylation sites is 1. The number of H-pyrrole nitrogens is 1. The summed E-state index contributed by atoms with van der Waals surface area (Å²) in [7, 11) is 1.65. The fourth-order valence-corrected chi connectivity index (χ4v) is 4.04. The van der Waals surface area contributed by atoms with Crippen LogP contribution in [0.25, 0.3) is 28.2 Å². The first-order valence-electron chi connectivity index (χ1n) is 11.3. The van der Waals surface area contributed by atoms with E-state index in [2.05, 4.69) is 15.5 Å². The average Bonchev–Trinajstić information content (AvgIpc) is 3.54. The number of carbonyl (C=O) groups is 2. The third-order valence-corrected chi connectivity index (χ3v) is 5.77. The van der Waals surface area contributed by atoms with E-state index in [1.54, 1.807) is 25.5 Å². The van der Waals surface area contributed by atoms with Gasteiger partial charge in [-0.3, -0.25) is 19.3 Å². The zero-order valence-electron chi connectivity index (χ0n) is 19.1. The first kappa shape index (κ1) is 23.0. The molecule has 0 saturated heterocycles. The van der Waals surface area contributed by atoms with Crippen LogP contribution in [0, 0.1) is 0 Å². The van der Waals surface area contributed by atoms with Gasteiger partial charge in [0.05, 0.1) is 17.5 Å². The average molecular weight is 457 g/mol. The molecule has 0 unspecified atom stereocenters. The van der Waals surface area contributed by atoms with E-state index in [0.29, 0.717) is 23.4 Å². The first-order valence-corrected chi connectivity index (χ1v) is 11.3. The lowest BCUT2D eigenvalue weighted by molar-refractivity contribution is -0.120. The van der Waals surface area contributed by atoms with Gasteiger partial charge in [-0.15, -0.1) is 0 Å². The maximum absolute atomic E-state index is 12.4. The minimum atomic E-state index is -0.515. The van der Waals surface area contributed by atoms with Gasteiger partial charge in [-0.25, -0.2) is 4.98 Å². The summed E-state index contributed by atoms with van der Waals surface area (Å²) >= 11 is 0. The van der Waals surface area contributed by atoms with Crippen molar-refractivity contribution in [2.45, 2.75) is 32.1 Å². The molecule has 4 rings (SSSR count). The quantitative estimate of drug-likeness (QED) is 0.314. The van der Waals surface area contributed by atoms with E-state index in [0.717, 1.165) is 48.2 Å². The highest BCUT2D eigenvalue weighted by Crippen LogP contribution is 2.35. The van der Waals surface area contributed by atoms with Gasteiger partial charge in [0, 0.05) is 42.7 Å². The molecule has 0 spiro atoms. The molecule has 2 heterocycles. The summed E-state index contributed by atoms with van der Waals surface area (Å²) in [6, 6.07) is 15.4. The molecule has 0 saturated carbocycles. The second-order valence-corrected chi connectivity index (χ2v) is 8.07. The number of primary amides is 1. The van der Waals surface area contributed by atoms with Crippen LogP contribution in [0.15, 0.2) is 67.1 Å². The van der Waals surface area contributed by atoms with Gasteiger partial charge in [0.1, 0.15) is 5.82 Å². The predicted molar refractivity (Wildman–Crippen MR) is 131 cm³/mol. The summed E-state index contributed by atoms with van der Waals surface area (Å²) in [5.74, 6) is 0.196. The predicted octanol–water partition coefficient (Wildman–Crippen LogP) is 3.88. The summed E-state index contributed by atoms with van der Waals surface area (Å²) in [6.45, 7) is 0. The van der Waals surface area contributed by atoms with Gasteiger partial charge in [-0.2, -0.15) is 5.10 Å². The number of imidazole rings is 1. The number of hydrogen-bond acceptors (Lipinski definition) is 4. The number of nitrogens with one attached hydrogen (secondary N) is 2. The highest BCUT2D eigenvalue weighted by atomic mass is 16.1. The van der Waals surface area contributed by atoms with Crippen molar-refractivity contribution in [2.24, 2.45) is 5.73 Å². The van der Waals surface area contributed by atoms with Crippen molar-refractivity contribution < 1.29 is 9.59 Å². The lowest BCUT2D eigenvalue weighted by Crippen LogP contribution is -2.16. The van der Waals surface area contributed by atoms with Gasteiger partial charge in [-0.1, -0.05) is 36.8 Å². The summed E-state index contributed by atoms with van der Waals surface area (Å²) in [4.78, 5) is 28.8. The summed E-state index contributed by atoms with van der Waals surface area (Å²) in [6.07, 6.45) is 9.48. The lowest BCUT2D eigenvalue weighted by atomic mass is 9.96. The minimum Gasteiger partial charge on any atom is -0.366 e. The molecule has 0 bridgehead atoms. The summed E-state index contributed by atoms with van der Waals surface area (Å²) < 4.78 is 2.01. The Kier molecular flexibility index (Phi) is 7.17. The van der Waals surface area contributed by atoms with Crippen molar-refractivity contribution in [3.8, 4) is 28.2 Å². The molecule has 8 nitrogen and oxygen atoms in total. The zero-order chi connectivity index (χ0) is 23.9. The second-order valence-electron chi connectivity index (χ2n) is 8.07. The number of aryl methyl sites for hydroxylation is 1. The molecule has 0 fully saturated rings. The van der Waals surface area contributed by atoms with Crippen LogP contribution < -0.4 is 11.1 Å². The van der Waals surface area contributed by atoms with Crippen LogP contribution in [0.5, 0.6) is 0 Å². The van der Waals surface area contributed by atoms with Crippen LogP contribution in [-0.4, -0.2) is 38.6 Å². The number of nitrogens with two attached hydrogens (primary N) is 1. The van der Waals surface area contributed by atoms with E-state index < -0.39 is 5.91 Å². The van der Waals surface area contributed by atoms with E-state index in [9.17, 15) is 9.59 Å². The van der Waals surface area contributed by atoms with Crippen molar-refractivity contribution in [3.05, 3.63) is 78.4 Å². The minimum absolute atomic E-state index is 0.0606. The molecule has 4 aromatic rings. The molecule has 0 radical (unpaired) electrons. The normalized spacial score (nSPS) is 10.9. The van der Waals surface area contributed by atoms with Crippen LogP contribution in [0.1, 0.15) is 41.7 Å². The Morgan fingerprint density at radius 3 is 2.59 bits per heavy atom. The number of amides is 2. The van der Waals surface area contributed by atoms with Gasteiger partial charge in [0.2, 0.25) is 11.8 Å². The molecule has 4 N–H and O–H groups in total. The lowest BCUT2D eigenvalue weighted by Gasteiger charge is -2.14. The maximum Gasteiger partial charge on any atom is 0.249 e. The van der Waals surface area contributed by atoms with Crippen LogP contribution >= 0.6 is 0 Å². The van der Waals surface area contributed by atoms with E-state index >= 15 is 0 Å². The Hall–Kier alpha value is -4.20. The molecule has 8 heteroatoms. The van der Waals surface area contributed by atoms with E-state index in [-0.39, 0.29) is 5.91 Å². The summed E-state index contributed by atoms with van der Waals surface area (Å²) in [5, 5.41) is 9.56. The molecule has 2 aromatic carbocycles. The first-order chi connectivity index (χ1) is 16.6. The van der Waals surface area contributed by atoms with Crippen LogP contribution in [-0.2, 0) is 11.2 Å². The number of rotatable bonds is 10. The van der Waals surface area contributed by atoms with Gasteiger partial charge in [0.25, 0.3) is 0 Å². The van der Waals surface area contributed by atoms with Crippen molar-refractivity contribution >= 4 is 11.8 Å². The Labute approximate surface area is 198 Å². The number of nitrogens with zero attached hydrogens (tertiary/aromatic N) is 3. The molecular formula is C26H28N6O2. The molecule has 2 aromatic heterocycles. The van der Waals surface area contributed by atoms with Crippen molar-refractivity contribution in [3.63, 3.8) is 0 Å². The van der Waals surface area contributed by atoms with Crippen molar-refractivity contribution in [1.29, 1.82) is 0 Å². The molecular weight excluding hydrogens is 428 g/mol. The van der Waals surface area contributed by atoms with E-state index in [1.807, 2.05) is 53.2 Å². The zero-order valence-corrected chi connectivity index (χ0v) is 19.1. The molecule has 34 heavy (non-hydrogen) atoms. The topological polar surface area (TPSA) is 119 Å². The molecule has 0 atom stereocenters. The SMILES string of the molecule is CNC(=O)CCCCCc1cn(-c2ccccc2)c(-c2c(C(N)=O)cccc2-c2cn[nH]c2)n1. The molecule has 0 aliphatic carbocycles. The fourth-order valence-electron chi connectivity index (χ4n) is 4.04.